The van der Waals surface area contributed by atoms with Gasteiger partial charge in [-0.3, -0.25) is 19.3 Å². The van der Waals surface area contributed by atoms with Gasteiger partial charge in [0.1, 0.15) is 4.90 Å². The number of nitrogens with zero attached hydrogens (tertiary/aromatic N) is 1. The number of anilines is 3. The molecule has 0 saturated heterocycles. The summed E-state index contributed by atoms with van der Waals surface area (Å²) < 4.78 is 58.9. The van der Waals surface area contributed by atoms with Crippen molar-refractivity contribution in [3.8, 4) is 0 Å². The quantitative estimate of drug-likeness (QED) is 0.245. The van der Waals surface area contributed by atoms with E-state index in [9.17, 15) is 13.2 Å². The SMILES string of the molecule is O=C(NOCC1CC1)c1cc(S(=O)(=O)Nc2cccnc2)c(F)c(F)c1Nc1ccc(I)cc1. The molecular weight excluding hydrogens is 581 g/mol. The molecule has 0 bridgehead atoms. The number of pyridine rings is 1. The molecule has 3 N–H and O–H groups in total. The summed E-state index contributed by atoms with van der Waals surface area (Å²) in [4.78, 5) is 20.7. The first-order valence-corrected chi connectivity index (χ1v) is 12.7. The van der Waals surface area contributed by atoms with E-state index in [0.717, 1.165) is 22.5 Å². The molecule has 0 radical (unpaired) electrons. The molecule has 2 aromatic carbocycles. The molecule has 1 aliphatic carbocycles. The summed E-state index contributed by atoms with van der Waals surface area (Å²) in [7, 11) is -4.60. The van der Waals surface area contributed by atoms with E-state index in [1.54, 1.807) is 24.3 Å². The standard InChI is InChI=1S/C22H19F2IN4O4S/c23-19-18(34(31,32)29-16-2-1-9-26-11-16)10-17(22(30)28-33-12-13-3-4-13)21(20(19)24)27-15-7-5-14(25)6-8-15/h1-2,5-11,13,27,29H,3-4,12H2,(H,28,30). The smallest absolute Gasteiger partial charge is 0.277 e. The molecule has 1 heterocycles. The average Bonchev–Trinajstić information content (AvgIpc) is 3.63. The highest BCUT2D eigenvalue weighted by atomic mass is 127. The number of hydrogen-bond acceptors (Lipinski definition) is 6. The van der Waals surface area contributed by atoms with Crippen LogP contribution in [0.25, 0.3) is 0 Å². The van der Waals surface area contributed by atoms with Crippen LogP contribution in [-0.4, -0.2) is 25.9 Å². The maximum atomic E-state index is 15.2. The van der Waals surface area contributed by atoms with Gasteiger partial charge in [-0.1, -0.05) is 0 Å². The molecule has 1 aromatic heterocycles. The highest BCUT2D eigenvalue weighted by Crippen LogP contribution is 2.32. The zero-order valence-corrected chi connectivity index (χ0v) is 20.5. The van der Waals surface area contributed by atoms with Crippen molar-refractivity contribution in [1.82, 2.24) is 10.5 Å². The molecule has 1 saturated carbocycles. The second-order valence-electron chi connectivity index (χ2n) is 7.59. The van der Waals surface area contributed by atoms with Crippen LogP contribution >= 0.6 is 22.6 Å². The Morgan fingerprint density at radius 3 is 2.50 bits per heavy atom. The summed E-state index contributed by atoms with van der Waals surface area (Å²) in [5, 5.41) is 2.67. The highest BCUT2D eigenvalue weighted by Gasteiger charge is 2.30. The lowest BCUT2D eigenvalue weighted by atomic mass is 10.1. The monoisotopic (exact) mass is 600 g/mol. The fourth-order valence-corrected chi connectivity index (χ4v) is 4.47. The third-order valence-electron chi connectivity index (χ3n) is 4.92. The van der Waals surface area contributed by atoms with Crippen LogP contribution in [0.4, 0.5) is 25.8 Å². The number of benzene rings is 2. The van der Waals surface area contributed by atoms with Crippen molar-refractivity contribution in [3.05, 3.63) is 75.6 Å². The Hall–Kier alpha value is -2.84. The Kier molecular flexibility index (Phi) is 7.28. The molecule has 4 rings (SSSR count). The maximum Gasteiger partial charge on any atom is 0.277 e. The van der Waals surface area contributed by atoms with Crippen LogP contribution in [0.2, 0.25) is 0 Å². The number of sulfonamides is 1. The Balaban J connectivity index is 1.73. The van der Waals surface area contributed by atoms with Gasteiger partial charge in [-0.05, 0) is 83.8 Å². The molecule has 3 aromatic rings. The number of hydrogen-bond donors (Lipinski definition) is 3. The molecule has 1 aliphatic rings. The first-order chi connectivity index (χ1) is 16.2. The largest absolute Gasteiger partial charge is 0.352 e. The zero-order valence-electron chi connectivity index (χ0n) is 17.5. The number of aromatic nitrogens is 1. The van der Waals surface area contributed by atoms with E-state index in [4.69, 9.17) is 4.84 Å². The van der Waals surface area contributed by atoms with Gasteiger partial charge in [0.05, 0.1) is 29.7 Å². The van der Waals surface area contributed by atoms with Gasteiger partial charge in [-0.15, -0.1) is 0 Å². The lowest BCUT2D eigenvalue weighted by Gasteiger charge is -2.17. The van der Waals surface area contributed by atoms with Crippen LogP contribution in [-0.2, 0) is 14.9 Å². The van der Waals surface area contributed by atoms with Gasteiger partial charge >= 0.3 is 0 Å². The first-order valence-electron chi connectivity index (χ1n) is 10.1. The summed E-state index contributed by atoms with van der Waals surface area (Å²) >= 11 is 2.08. The molecule has 0 spiro atoms. The van der Waals surface area contributed by atoms with E-state index in [1.165, 1.54) is 24.5 Å². The lowest BCUT2D eigenvalue weighted by molar-refractivity contribution is 0.0270. The van der Waals surface area contributed by atoms with Crippen LogP contribution in [0.15, 0.2) is 59.8 Å². The van der Waals surface area contributed by atoms with Gasteiger partial charge in [-0.2, -0.15) is 0 Å². The second-order valence-corrected chi connectivity index (χ2v) is 10.5. The van der Waals surface area contributed by atoms with Crippen molar-refractivity contribution in [1.29, 1.82) is 0 Å². The minimum Gasteiger partial charge on any atom is -0.352 e. The summed E-state index contributed by atoms with van der Waals surface area (Å²) in [6.07, 6.45) is 4.58. The van der Waals surface area contributed by atoms with E-state index >= 15 is 8.78 Å². The van der Waals surface area contributed by atoms with Gasteiger partial charge < -0.3 is 5.32 Å². The number of carbonyl (C=O) groups excluding carboxylic acids is 1. The van der Waals surface area contributed by atoms with E-state index in [-0.39, 0.29) is 12.3 Å². The highest BCUT2D eigenvalue weighted by molar-refractivity contribution is 14.1. The molecule has 0 atom stereocenters. The van der Waals surface area contributed by atoms with Gasteiger partial charge in [0, 0.05) is 15.5 Å². The Bertz CT molecular complexity index is 1300. The van der Waals surface area contributed by atoms with Crippen LogP contribution < -0.4 is 15.5 Å². The minimum atomic E-state index is -4.60. The van der Waals surface area contributed by atoms with Crippen molar-refractivity contribution in [2.45, 2.75) is 17.7 Å². The first kappa shape index (κ1) is 24.3. The summed E-state index contributed by atoms with van der Waals surface area (Å²) in [6, 6.07) is 10.3. The predicted octanol–water partition coefficient (Wildman–Crippen LogP) is 4.58. The van der Waals surface area contributed by atoms with Crippen molar-refractivity contribution in [2.75, 3.05) is 16.6 Å². The third-order valence-corrected chi connectivity index (χ3v) is 7.02. The second kappa shape index (κ2) is 10.2. The third kappa shape index (κ3) is 5.80. The maximum absolute atomic E-state index is 15.2. The number of amides is 1. The molecule has 0 aliphatic heterocycles. The number of carbonyl (C=O) groups is 1. The normalized spacial score (nSPS) is 13.4. The number of nitrogens with one attached hydrogen (secondary N) is 3. The zero-order chi connectivity index (χ0) is 24.3. The molecule has 1 amide bonds. The number of halogens is 3. The molecule has 0 unspecified atom stereocenters. The molecule has 8 nitrogen and oxygen atoms in total. The van der Waals surface area contributed by atoms with Gasteiger partial charge in [0.2, 0.25) is 0 Å². The molecule has 34 heavy (non-hydrogen) atoms. The Labute approximate surface area is 208 Å². The van der Waals surface area contributed by atoms with Crippen molar-refractivity contribution in [2.24, 2.45) is 5.92 Å². The summed E-state index contributed by atoms with van der Waals surface area (Å²) in [5.41, 5.74) is 1.63. The molecule has 178 valence electrons. The summed E-state index contributed by atoms with van der Waals surface area (Å²) in [6.45, 7) is 0.267. The van der Waals surface area contributed by atoms with Gasteiger partial charge in [-0.25, -0.2) is 22.7 Å². The molecular formula is C22H19F2IN4O4S. The summed E-state index contributed by atoms with van der Waals surface area (Å²) in [5.74, 6) is -3.76. The molecule has 12 heteroatoms. The van der Waals surface area contributed by atoms with Crippen LogP contribution in [0, 0.1) is 21.1 Å². The van der Waals surface area contributed by atoms with Crippen LogP contribution in [0.5, 0.6) is 0 Å². The van der Waals surface area contributed by atoms with Crippen molar-refractivity contribution < 1.29 is 26.8 Å². The minimum absolute atomic E-state index is 0.0437. The van der Waals surface area contributed by atoms with E-state index in [1.807, 2.05) is 0 Å². The predicted molar refractivity (Wildman–Crippen MR) is 130 cm³/mol. The van der Waals surface area contributed by atoms with E-state index < -0.39 is 43.7 Å². The fourth-order valence-electron chi connectivity index (χ4n) is 2.97. The van der Waals surface area contributed by atoms with E-state index in [2.05, 4.69) is 43.1 Å². The van der Waals surface area contributed by atoms with E-state index in [0.29, 0.717) is 11.6 Å². The van der Waals surface area contributed by atoms with Crippen LogP contribution in [0.1, 0.15) is 23.2 Å². The fraction of sp³-hybridized carbons (Fsp3) is 0.182. The Morgan fingerprint density at radius 1 is 1.12 bits per heavy atom. The van der Waals surface area contributed by atoms with Gasteiger partial charge in [0.15, 0.2) is 11.6 Å². The topological polar surface area (TPSA) is 109 Å². The number of hydroxylamine groups is 1. The molecule has 1 fully saturated rings. The van der Waals surface area contributed by atoms with Crippen LogP contribution in [0.3, 0.4) is 0 Å². The van der Waals surface area contributed by atoms with Gasteiger partial charge in [0.25, 0.3) is 15.9 Å². The van der Waals surface area contributed by atoms with Crippen molar-refractivity contribution >= 4 is 55.6 Å². The van der Waals surface area contributed by atoms with Crippen molar-refractivity contribution in [3.63, 3.8) is 0 Å². The average molecular weight is 600 g/mol. The Morgan fingerprint density at radius 2 is 1.85 bits per heavy atom. The lowest BCUT2D eigenvalue weighted by Crippen LogP contribution is -2.27. The number of rotatable bonds is 9.